The smallest absolute Gasteiger partial charge is 0.291 e. The maximum atomic E-state index is 13.0. The number of nitrogens with one attached hydrogen (secondary N) is 1. The maximum Gasteiger partial charge on any atom is 0.291 e. The molecule has 0 saturated carbocycles. The molecule has 3 aromatic heterocycles. The maximum absolute atomic E-state index is 13.0. The van der Waals surface area contributed by atoms with E-state index < -0.39 is 0 Å². The zero-order chi connectivity index (χ0) is 22.5. The van der Waals surface area contributed by atoms with Gasteiger partial charge < -0.3 is 10.2 Å². The summed E-state index contributed by atoms with van der Waals surface area (Å²) in [5.74, 6) is 0.755. The number of carbonyl (C=O) groups excluding carboxylic acids is 2. The number of hydrogen-bond acceptors (Lipinski definition) is 5. The SMILES string of the molecule is CC(C)c1nn(CC(=O)NCC2CC(=O)N(C(C)(C)C)C2)c(=O)c2cc3ccsc3n12. The predicted molar refractivity (Wildman–Crippen MR) is 122 cm³/mol. The molecule has 8 nitrogen and oxygen atoms in total. The largest absolute Gasteiger partial charge is 0.354 e. The molecule has 1 aliphatic heterocycles. The fraction of sp³-hybridized carbons (Fsp3) is 0.545. The Bertz CT molecular complexity index is 1210. The van der Waals surface area contributed by atoms with Crippen molar-refractivity contribution in [1.29, 1.82) is 0 Å². The molecule has 0 bridgehead atoms. The van der Waals surface area contributed by atoms with Gasteiger partial charge in [-0.2, -0.15) is 5.10 Å². The van der Waals surface area contributed by atoms with Crippen LogP contribution >= 0.6 is 11.3 Å². The first-order chi connectivity index (χ1) is 14.6. The summed E-state index contributed by atoms with van der Waals surface area (Å²) in [6.07, 6.45) is 0.431. The van der Waals surface area contributed by atoms with E-state index in [4.69, 9.17) is 0 Å². The number of fused-ring (bicyclic) bond motifs is 3. The highest BCUT2D eigenvalue weighted by Gasteiger charge is 2.36. The van der Waals surface area contributed by atoms with Crippen LogP contribution in [0.2, 0.25) is 0 Å². The summed E-state index contributed by atoms with van der Waals surface area (Å²) in [6, 6.07) is 3.85. The van der Waals surface area contributed by atoms with Crippen LogP contribution in [0.5, 0.6) is 0 Å². The van der Waals surface area contributed by atoms with Crippen LogP contribution in [0.3, 0.4) is 0 Å². The van der Waals surface area contributed by atoms with Gasteiger partial charge in [-0.15, -0.1) is 11.3 Å². The van der Waals surface area contributed by atoms with Crippen LogP contribution in [-0.4, -0.2) is 49.5 Å². The number of carbonyl (C=O) groups is 2. The summed E-state index contributed by atoms with van der Waals surface area (Å²) in [5, 5.41) is 10.4. The van der Waals surface area contributed by atoms with Crippen LogP contribution in [0.25, 0.3) is 15.7 Å². The first-order valence-electron chi connectivity index (χ1n) is 10.6. The fourth-order valence-electron chi connectivity index (χ4n) is 4.15. The molecule has 4 heterocycles. The van der Waals surface area contributed by atoms with Crippen molar-refractivity contribution in [3.05, 3.63) is 33.7 Å². The molecule has 2 amide bonds. The Morgan fingerprint density at radius 1 is 1.32 bits per heavy atom. The molecular formula is C22H29N5O3S. The second-order valence-corrected chi connectivity index (χ2v) is 10.5. The minimum atomic E-state index is -0.280. The van der Waals surface area contributed by atoms with Gasteiger partial charge in [-0.1, -0.05) is 13.8 Å². The molecule has 31 heavy (non-hydrogen) atoms. The molecule has 1 atom stereocenters. The first kappa shape index (κ1) is 21.5. The van der Waals surface area contributed by atoms with Crippen molar-refractivity contribution >= 4 is 38.9 Å². The molecule has 0 aliphatic carbocycles. The Labute approximate surface area is 184 Å². The zero-order valence-electron chi connectivity index (χ0n) is 18.6. The van der Waals surface area contributed by atoms with Gasteiger partial charge in [0.05, 0.1) is 0 Å². The summed E-state index contributed by atoms with van der Waals surface area (Å²) in [7, 11) is 0. The summed E-state index contributed by atoms with van der Waals surface area (Å²) < 4.78 is 3.16. The zero-order valence-corrected chi connectivity index (χ0v) is 19.5. The van der Waals surface area contributed by atoms with Crippen LogP contribution < -0.4 is 10.9 Å². The van der Waals surface area contributed by atoms with E-state index in [2.05, 4.69) is 10.4 Å². The molecule has 1 unspecified atom stereocenters. The topological polar surface area (TPSA) is 88.7 Å². The number of rotatable bonds is 5. The van der Waals surface area contributed by atoms with E-state index in [0.29, 0.717) is 25.0 Å². The van der Waals surface area contributed by atoms with Crippen molar-refractivity contribution in [1.82, 2.24) is 24.4 Å². The van der Waals surface area contributed by atoms with Gasteiger partial charge in [-0.3, -0.25) is 18.8 Å². The van der Waals surface area contributed by atoms with Crippen molar-refractivity contribution in [2.45, 2.75) is 59.0 Å². The number of hydrogen-bond donors (Lipinski definition) is 1. The molecule has 0 spiro atoms. The lowest BCUT2D eigenvalue weighted by atomic mass is 10.1. The predicted octanol–water partition coefficient (Wildman–Crippen LogP) is 2.60. The van der Waals surface area contributed by atoms with E-state index in [9.17, 15) is 14.4 Å². The van der Waals surface area contributed by atoms with Crippen molar-refractivity contribution in [2.75, 3.05) is 13.1 Å². The highest BCUT2D eigenvalue weighted by Crippen LogP contribution is 2.27. The van der Waals surface area contributed by atoms with Gasteiger partial charge in [0.25, 0.3) is 5.56 Å². The molecule has 1 fully saturated rings. The molecule has 3 aromatic rings. The van der Waals surface area contributed by atoms with Crippen molar-refractivity contribution in [2.24, 2.45) is 5.92 Å². The van der Waals surface area contributed by atoms with Crippen molar-refractivity contribution in [3.8, 4) is 0 Å². The number of amides is 2. The van der Waals surface area contributed by atoms with E-state index in [1.54, 1.807) is 11.3 Å². The lowest BCUT2D eigenvalue weighted by molar-refractivity contribution is -0.131. The van der Waals surface area contributed by atoms with E-state index in [1.165, 1.54) is 4.68 Å². The minimum Gasteiger partial charge on any atom is -0.354 e. The highest BCUT2D eigenvalue weighted by atomic mass is 32.1. The lowest BCUT2D eigenvalue weighted by Gasteiger charge is -2.32. The summed E-state index contributed by atoms with van der Waals surface area (Å²) in [5.41, 5.74) is 0.0363. The quantitative estimate of drug-likeness (QED) is 0.657. The van der Waals surface area contributed by atoms with Gasteiger partial charge >= 0.3 is 0 Å². The average molecular weight is 444 g/mol. The molecule has 166 valence electrons. The Morgan fingerprint density at radius 3 is 2.71 bits per heavy atom. The number of aromatic nitrogens is 3. The Hall–Kier alpha value is -2.68. The van der Waals surface area contributed by atoms with Gasteiger partial charge in [-0.25, -0.2) is 4.68 Å². The molecule has 1 saturated heterocycles. The number of thiophene rings is 1. The molecule has 1 N–H and O–H groups in total. The highest BCUT2D eigenvalue weighted by molar-refractivity contribution is 7.16. The van der Waals surface area contributed by atoms with Crippen molar-refractivity contribution in [3.63, 3.8) is 0 Å². The molecular weight excluding hydrogens is 414 g/mol. The standard InChI is InChI=1S/C22H29N5O3S/c1-13(2)19-24-26(20(30)16-9-15-6-7-31-21(15)27(16)19)12-17(28)23-10-14-8-18(29)25(11-14)22(3,4)5/h6-7,9,13-14H,8,10-12H2,1-5H3,(H,23,28). The average Bonchev–Trinajstić information content (AvgIpc) is 3.36. The third-order valence-electron chi connectivity index (χ3n) is 5.73. The first-order valence-corrected chi connectivity index (χ1v) is 11.5. The Balaban J connectivity index is 1.51. The summed E-state index contributed by atoms with van der Waals surface area (Å²) >= 11 is 1.57. The van der Waals surface area contributed by atoms with E-state index in [-0.39, 0.29) is 41.3 Å². The van der Waals surface area contributed by atoms with Crippen LogP contribution in [-0.2, 0) is 16.1 Å². The van der Waals surface area contributed by atoms with Gasteiger partial charge in [-0.05, 0) is 38.3 Å². The van der Waals surface area contributed by atoms with Crippen LogP contribution in [0.15, 0.2) is 22.3 Å². The van der Waals surface area contributed by atoms with Crippen LogP contribution in [0.4, 0.5) is 0 Å². The second-order valence-electron chi connectivity index (χ2n) is 9.57. The molecule has 9 heteroatoms. The molecule has 0 aromatic carbocycles. The Kier molecular flexibility index (Phi) is 5.41. The van der Waals surface area contributed by atoms with Gasteiger partial charge in [0, 0.05) is 42.3 Å². The second kappa shape index (κ2) is 7.78. The van der Waals surface area contributed by atoms with E-state index in [0.717, 1.165) is 16.0 Å². The van der Waals surface area contributed by atoms with Crippen LogP contribution in [0, 0.1) is 5.92 Å². The minimum absolute atomic E-state index is 0.0754. The van der Waals surface area contributed by atoms with E-state index >= 15 is 0 Å². The third-order valence-corrected chi connectivity index (χ3v) is 6.64. The summed E-state index contributed by atoms with van der Waals surface area (Å²) in [6.45, 7) is 11.0. The monoisotopic (exact) mass is 443 g/mol. The molecule has 0 radical (unpaired) electrons. The third kappa shape index (κ3) is 3.98. The lowest BCUT2D eigenvalue weighted by Crippen LogP contribution is -2.43. The fourth-order valence-corrected chi connectivity index (χ4v) is 5.06. The van der Waals surface area contributed by atoms with Gasteiger partial charge in [0.15, 0.2) is 0 Å². The number of nitrogens with zero attached hydrogens (tertiary/aromatic N) is 4. The normalized spacial score (nSPS) is 17.4. The summed E-state index contributed by atoms with van der Waals surface area (Å²) in [4.78, 5) is 40.7. The van der Waals surface area contributed by atoms with Gasteiger partial charge in [0.1, 0.15) is 22.7 Å². The van der Waals surface area contributed by atoms with Gasteiger partial charge in [0.2, 0.25) is 11.8 Å². The van der Waals surface area contributed by atoms with E-state index in [1.807, 2.05) is 61.4 Å². The van der Waals surface area contributed by atoms with Crippen molar-refractivity contribution < 1.29 is 9.59 Å². The number of likely N-dealkylation sites (tertiary alicyclic amines) is 1. The molecule has 4 rings (SSSR count). The molecule has 1 aliphatic rings. The Morgan fingerprint density at radius 2 is 2.06 bits per heavy atom. The van der Waals surface area contributed by atoms with Crippen LogP contribution in [0.1, 0.15) is 52.8 Å².